The molecule has 2 aromatic rings. The number of aryl methyl sites for hydroxylation is 1. The topological polar surface area (TPSA) is 49.3 Å². The third-order valence-electron chi connectivity index (χ3n) is 3.71. The van der Waals surface area contributed by atoms with Crippen molar-refractivity contribution in [2.45, 2.75) is 26.2 Å². The van der Waals surface area contributed by atoms with Gasteiger partial charge < -0.3 is 10.4 Å². The molecule has 0 saturated heterocycles. The molecule has 2 rings (SSSR count). The lowest BCUT2D eigenvalue weighted by atomic mass is 9.98. The monoisotopic (exact) mass is 283 g/mol. The number of nitrogens with one attached hydrogen (secondary N) is 1. The minimum atomic E-state index is -0.225. The summed E-state index contributed by atoms with van der Waals surface area (Å²) in [6, 6.07) is 15.4. The first-order valence-electron chi connectivity index (χ1n) is 7.21. The fraction of sp³-hybridized carbons (Fsp3) is 0.278. The summed E-state index contributed by atoms with van der Waals surface area (Å²) in [4.78, 5) is 12.1. The lowest BCUT2D eigenvalue weighted by Gasteiger charge is -2.13. The zero-order chi connectivity index (χ0) is 15.2. The quantitative estimate of drug-likeness (QED) is 0.880. The minimum Gasteiger partial charge on any atom is -0.507 e. The van der Waals surface area contributed by atoms with Crippen LogP contribution in [0, 0.1) is 6.92 Å². The van der Waals surface area contributed by atoms with Crippen molar-refractivity contribution < 1.29 is 9.90 Å². The van der Waals surface area contributed by atoms with Gasteiger partial charge in [-0.1, -0.05) is 49.4 Å². The van der Waals surface area contributed by atoms with E-state index in [2.05, 4.69) is 24.4 Å². The van der Waals surface area contributed by atoms with Gasteiger partial charge in [0.25, 0.3) is 5.91 Å². The number of aromatic hydroxyl groups is 1. The van der Waals surface area contributed by atoms with Gasteiger partial charge in [-0.25, -0.2) is 0 Å². The second-order valence-corrected chi connectivity index (χ2v) is 5.33. The first-order chi connectivity index (χ1) is 10.1. The highest BCUT2D eigenvalue weighted by molar-refractivity contribution is 5.97. The highest BCUT2D eigenvalue weighted by Gasteiger charge is 2.12. The van der Waals surface area contributed by atoms with E-state index in [1.807, 2.05) is 18.2 Å². The molecule has 0 spiro atoms. The molecule has 0 saturated carbocycles. The van der Waals surface area contributed by atoms with Crippen molar-refractivity contribution in [1.82, 2.24) is 5.32 Å². The number of carbonyl (C=O) groups excluding carboxylic acids is 1. The normalized spacial score (nSPS) is 11.9. The van der Waals surface area contributed by atoms with E-state index in [0.29, 0.717) is 23.6 Å². The minimum absolute atomic E-state index is 0.0612. The van der Waals surface area contributed by atoms with Crippen molar-refractivity contribution in [3.05, 3.63) is 65.2 Å². The summed E-state index contributed by atoms with van der Waals surface area (Å²) in [6.45, 7) is 4.51. The molecule has 0 aromatic heterocycles. The van der Waals surface area contributed by atoms with Crippen molar-refractivity contribution in [3.63, 3.8) is 0 Å². The summed E-state index contributed by atoms with van der Waals surface area (Å²) < 4.78 is 0. The molecule has 0 aliphatic carbocycles. The maximum absolute atomic E-state index is 12.1. The Morgan fingerprint density at radius 2 is 1.86 bits per heavy atom. The van der Waals surface area contributed by atoms with Crippen molar-refractivity contribution >= 4 is 5.91 Å². The number of carbonyl (C=O) groups is 1. The molecular weight excluding hydrogens is 262 g/mol. The van der Waals surface area contributed by atoms with Crippen LogP contribution in [0.15, 0.2) is 48.5 Å². The number of amides is 1. The predicted molar refractivity (Wildman–Crippen MR) is 84.7 cm³/mol. The molecule has 2 aromatic carbocycles. The maximum atomic E-state index is 12.1. The molecule has 2 N–H and O–H groups in total. The number of benzene rings is 2. The zero-order valence-electron chi connectivity index (χ0n) is 12.5. The average Bonchev–Trinajstić information content (AvgIpc) is 2.50. The Balaban J connectivity index is 1.89. The molecule has 21 heavy (non-hydrogen) atoms. The van der Waals surface area contributed by atoms with E-state index in [1.165, 1.54) is 5.56 Å². The third kappa shape index (κ3) is 3.85. The molecular formula is C18H21NO2. The molecule has 0 bridgehead atoms. The number of rotatable bonds is 5. The van der Waals surface area contributed by atoms with Crippen LogP contribution in [-0.4, -0.2) is 17.6 Å². The Morgan fingerprint density at radius 3 is 2.57 bits per heavy atom. The SMILES string of the molecule is Cc1cccc(C(=O)NCCC(C)c2ccccc2)c1O. The number of phenolic OH excluding ortho intramolecular Hbond substituents is 1. The van der Waals surface area contributed by atoms with Crippen molar-refractivity contribution in [3.8, 4) is 5.75 Å². The molecule has 1 unspecified atom stereocenters. The largest absolute Gasteiger partial charge is 0.507 e. The van der Waals surface area contributed by atoms with E-state index in [9.17, 15) is 9.90 Å². The maximum Gasteiger partial charge on any atom is 0.255 e. The van der Waals surface area contributed by atoms with Gasteiger partial charge in [-0.05, 0) is 36.5 Å². The summed E-state index contributed by atoms with van der Waals surface area (Å²) in [5.41, 5.74) is 2.31. The van der Waals surface area contributed by atoms with Crippen LogP contribution < -0.4 is 5.32 Å². The lowest BCUT2D eigenvalue weighted by Crippen LogP contribution is -2.25. The van der Waals surface area contributed by atoms with Gasteiger partial charge >= 0.3 is 0 Å². The van der Waals surface area contributed by atoms with Gasteiger partial charge in [0.1, 0.15) is 5.75 Å². The number of hydrogen-bond donors (Lipinski definition) is 2. The van der Waals surface area contributed by atoms with E-state index in [-0.39, 0.29) is 11.7 Å². The molecule has 1 amide bonds. The predicted octanol–water partition coefficient (Wildman–Crippen LogP) is 3.62. The Kier molecular flexibility index (Phi) is 4.99. The van der Waals surface area contributed by atoms with E-state index in [4.69, 9.17) is 0 Å². The van der Waals surface area contributed by atoms with Crippen LogP contribution >= 0.6 is 0 Å². The first-order valence-corrected chi connectivity index (χ1v) is 7.21. The van der Waals surface area contributed by atoms with Crippen LogP contribution in [0.1, 0.15) is 40.7 Å². The van der Waals surface area contributed by atoms with Crippen LogP contribution in [0.25, 0.3) is 0 Å². The van der Waals surface area contributed by atoms with Gasteiger partial charge in [0.15, 0.2) is 0 Å². The number of hydrogen-bond acceptors (Lipinski definition) is 2. The molecule has 3 nitrogen and oxygen atoms in total. The molecule has 0 radical (unpaired) electrons. The van der Waals surface area contributed by atoms with Gasteiger partial charge in [0.2, 0.25) is 0 Å². The Labute approximate surface area is 125 Å². The number of para-hydroxylation sites is 1. The highest BCUT2D eigenvalue weighted by atomic mass is 16.3. The Hall–Kier alpha value is -2.29. The van der Waals surface area contributed by atoms with Gasteiger partial charge in [-0.2, -0.15) is 0 Å². The van der Waals surface area contributed by atoms with E-state index >= 15 is 0 Å². The molecule has 0 aliphatic rings. The molecule has 110 valence electrons. The Bertz CT molecular complexity index is 608. The highest BCUT2D eigenvalue weighted by Crippen LogP contribution is 2.21. The van der Waals surface area contributed by atoms with Crippen LogP contribution in [-0.2, 0) is 0 Å². The smallest absolute Gasteiger partial charge is 0.255 e. The van der Waals surface area contributed by atoms with E-state index in [0.717, 1.165) is 6.42 Å². The van der Waals surface area contributed by atoms with Crippen LogP contribution in [0.4, 0.5) is 0 Å². The Morgan fingerprint density at radius 1 is 1.14 bits per heavy atom. The molecule has 3 heteroatoms. The fourth-order valence-electron chi connectivity index (χ4n) is 2.29. The summed E-state index contributed by atoms with van der Waals surface area (Å²) in [7, 11) is 0. The summed E-state index contributed by atoms with van der Waals surface area (Å²) in [5, 5.41) is 12.8. The second-order valence-electron chi connectivity index (χ2n) is 5.33. The molecule has 0 aliphatic heterocycles. The zero-order valence-corrected chi connectivity index (χ0v) is 12.5. The fourth-order valence-corrected chi connectivity index (χ4v) is 2.29. The van der Waals surface area contributed by atoms with Crippen molar-refractivity contribution in [2.24, 2.45) is 0 Å². The van der Waals surface area contributed by atoms with E-state index in [1.54, 1.807) is 25.1 Å². The van der Waals surface area contributed by atoms with Crippen molar-refractivity contribution in [2.75, 3.05) is 6.54 Å². The van der Waals surface area contributed by atoms with Crippen LogP contribution in [0.2, 0.25) is 0 Å². The summed E-state index contributed by atoms with van der Waals surface area (Å²) >= 11 is 0. The standard InChI is InChI=1S/C18H21NO2/c1-13(15-8-4-3-5-9-15)11-12-19-18(21)16-10-6-7-14(2)17(16)20/h3-10,13,20H,11-12H2,1-2H3,(H,19,21). The van der Waals surface area contributed by atoms with Crippen LogP contribution in [0.5, 0.6) is 5.75 Å². The molecule has 0 fully saturated rings. The average molecular weight is 283 g/mol. The van der Waals surface area contributed by atoms with Gasteiger partial charge in [-0.3, -0.25) is 4.79 Å². The first kappa shape index (κ1) is 15.1. The third-order valence-corrected chi connectivity index (χ3v) is 3.71. The molecule has 1 atom stereocenters. The van der Waals surface area contributed by atoms with Crippen molar-refractivity contribution in [1.29, 1.82) is 0 Å². The van der Waals surface area contributed by atoms with Crippen LogP contribution in [0.3, 0.4) is 0 Å². The van der Waals surface area contributed by atoms with E-state index < -0.39 is 0 Å². The van der Waals surface area contributed by atoms with Gasteiger partial charge in [0.05, 0.1) is 5.56 Å². The summed E-state index contributed by atoms with van der Waals surface area (Å²) in [6.07, 6.45) is 0.863. The van der Waals surface area contributed by atoms with Gasteiger partial charge in [-0.15, -0.1) is 0 Å². The summed E-state index contributed by atoms with van der Waals surface area (Å²) in [5.74, 6) is 0.222. The lowest BCUT2D eigenvalue weighted by molar-refractivity contribution is 0.0950. The molecule has 0 heterocycles. The van der Waals surface area contributed by atoms with Gasteiger partial charge in [0, 0.05) is 6.54 Å². The number of phenols is 1. The second kappa shape index (κ2) is 6.93.